The molecule has 0 unspecified atom stereocenters. The lowest BCUT2D eigenvalue weighted by Gasteiger charge is -2.20. The van der Waals surface area contributed by atoms with E-state index in [2.05, 4.69) is 58.5 Å². The van der Waals surface area contributed by atoms with Gasteiger partial charge >= 0.3 is 0 Å². The molecule has 1 aromatic heterocycles. The third kappa shape index (κ3) is 4.07. The molecule has 0 fully saturated rings. The predicted molar refractivity (Wildman–Crippen MR) is 80.0 cm³/mol. The van der Waals surface area contributed by atoms with E-state index in [1.54, 1.807) is 0 Å². The van der Waals surface area contributed by atoms with Crippen LogP contribution in [0.2, 0.25) is 0 Å². The SMILES string of the molecule is CCN(Cc1ccccc1)Cc1cc(NC)ccn1. The van der Waals surface area contributed by atoms with E-state index in [-0.39, 0.29) is 0 Å². The van der Waals surface area contributed by atoms with Crippen LogP contribution in [0.3, 0.4) is 0 Å². The summed E-state index contributed by atoms with van der Waals surface area (Å²) in [6.07, 6.45) is 1.86. The second-order valence-corrected chi connectivity index (χ2v) is 4.57. The average molecular weight is 255 g/mol. The molecule has 1 N–H and O–H groups in total. The van der Waals surface area contributed by atoms with Gasteiger partial charge in [-0.05, 0) is 24.2 Å². The van der Waals surface area contributed by atoms with Gasteiger partial charge in [-0.2, -0.15) is 0 Å². The number of nitrogens with zero attached hydrogens (tertiary/aromatic N) is 2. The Kier molecular flexibility index (Phi) is 4.93. The van der Waals surface area contributed by atoms with Gasteiger partial charge in [0.1, 0.15) is 0 Å². The molecule has 0 spiro atoms. The fraction of sp³-hybridized carbons (Fsp3) is 0.312. The second kappa shape index (κ2) is 6.90. The number of rotatable bonds is 6. The highest BCUT2D eigenvalue weighted by Crippen LogP contribution is 2.11. The molecule has 0 saturated carbocycles. The summed E-state index contributed by atoms with van der Waals surface area (Å²) >= 11 is 0. The molecule has 2 aromatic rings. The van der Waals surface area contributed by atoms with Crippen molar-refractivity contribution >= 4 is 5.69 Å². The number of anilines is 1. The molecular formula is C16H21N3. The Hall–Kier alpha value is -1.87. The first kappa shape index (κ1) is 13.6. The second-order valence-electron chi connectivity index (χ2n) is 4.57. The molecule has 1 aromatic carbocycles. The molecule has 0 aliphatic heterocycles. The summed E-state index contributed by atoms with van der Waals surface area (Å²) < 4.78 is 0. The Bertz CT molecular complexity index is 496. The number of nitrogens with one attached hydrogen (secondary N) is 1. The standard InChI is InChI=1S/C16H21N3/c1-3-19(12-14-7-5-4-6-8-14)13-16-11-15(17-2)9-10-18-16/h4-11H,3,12-13H2,1-2H3,(H,17,18). The normalized spacial score (nSPS) is 10.7. The summed E-state index contributed by atoms with van der Waals surface area (Å²) in [7, 11) is 1.93. The summed E-state index contributed by atoms with van der Waals surface area (Å²) in [6, 6.07) is 14.6. The monoisotopic (exact) mass is 255 g/mol. The van der Waals surface area contributed by atoms with Crippen LogP contribution in [0, 0.1) is 0 Å². The maximum atomic E-state index is 4.44. The minimum Gasteiger partial charge on any atom is -0.388 e. The lowest BCUT2D eigenvalue weighted by atomic mass is 10.2. The van der Waals surface area contributed by atoms with Crippen LogP contribution in [0.4, 0.5) is 5.69 Å². The van der Waals surface area contributed by atoms with Crippen LogP contribution in [0.1, 0.15) is 18.2 Å². The first-order valence-electron chi connectivity index (χ1n) is 6.70. The summed E-state index contributed by atoms with van der Waals surface area (Å²) in [4.78, 5) is 6.82. The van der Waals surface area contributed by atoms with Gasteiger partial charge < -0.3 is 5.32 Å². The van der Waals surface area contributed by atoms with Crippen molar-refractivity contribution < 1.29 is 0 Å². The molecule has 3 heteroatoms. The first-order chi connectivity index (χ1) is 9.31. The smallest absolute Gasteiger partial charge is 0.0564 e. The third-order valence-corrected chi connectivity index (χ3v) is 3.19. The summed E-state index contributed by atoms with van der Waals surface area (Å²) in [5.41, 5.74) is 3.56. The topological polar surface area (TPSA) is 28.2 Å². The van der Waals surface area contributed by atoms with E-state index in [0.717, 1.165) is 31.0 Å². The van der Waals surface area contributed by atoms with Gasteiger partial charge in [0.2, 0.25) is 0 Å². The van der Waals surface area contributed by atoms with Crippen molar-refractivity contribution in [3.8, 4) is 0 Å². The molecule has 0 aliphatic carbocycles. The molecule has 0 aliphatic rings. The molecule has 1 heterocycles. The van der Waals surface area contributed by atoms with E-state index in [9.17, 15) is 0 Å². The fourth-order valence-electron chi connectivity index (χ4n) is 2.07. The van der Waals surface area contributed by atoms with E-state index in [1.807, 2.05) is 19.3 Å². The summed E-state index contributed by atoms with van der Waals surface area (Å²) in [5.74, 6) is 0. The van der Waals surface area contributed by atoms with E-state index >= 15 is 0 Å². The van der Waals surface area contributed by atoms with Crippen LogP contribution in [0.25, 0.3) is 0 Å². The van der Waals surface area contributed by atoms with Gasteiger partial charge in [-0.15, -0.1) is 0 Å². The molecular weight excluding hydrogens is 234 g/mol. The van der Waals surface area contributed by atoms with Crippen molar-refractivity contribution in [2.75, 3.05) is 18.9 Å². The van der Waals surface area contributed by atoms with Gasteiger partial charge in [-0.1, -0.05) is 37.3 Å². The minimum absolute atomic E-state index is 0.876. The van der Waals surface area contributed by atoms with Gasteiger partial charge in [-0.25, -0.2) is 0 Å². The van der Waals surface area contributed by atoms with Gasteiger partial charge in [-0.3, -0.25) is 9.88 Å². The first-order valence-corrected chi connectivity index (χ1v) is 6.70. The zero-order chi connectivity index (χ0) is 13.5. The molecule has 0 radical (unpaired) electrons. The van der Waals surface area contributed by atoms with Crippen LogP contribution < -0.4 is 5.32 Å². The third-order valence-electron chi connectivity index (χ3n) is 3.19. The van der Waals surface area contributed by atoms with E-state index in [0.29, 0.717) is 0 Å². The summed E-state index contributed by atoms with van der Waals surface area (Å²) in [6.45, 7) is 5.04. The Balaban J connectivity index is 2.02. The van der Waals surface area contributed by atoms with Gasteiger partial charge in [0.15, 0.2) is 0 Å². The molecule has 3 nitrogen and oxygen atoms in total. The summed E-state index contributed by atoms with van der Waals surface area (Å²) in [5, 5.41) is 3.15. The predicted octanol–water partition coefficient (Wildman–Crippen LogP) is 3.15. The minimum atomic E-state index is 0.876. The van der Waals surface area contributed by atoms with E-state index < -0.39 is 0 Å². The van der Waals surface area contributed by atoms with Crippen molar-refractivity contribution in [3.63, 3.8) is 0 Å². The lowest BCUT2D eigenvalue weighted by Crippen LogP contribution is -2.22. The largest absolute Gasteiger partial charge is 0.388 e. The van der Waals surface area contributed by atoms with Crippen LogP contribution in [-0.4, -0.2) is 23.5 Å². The van der Waals surface area contributed by atoms with Crippen molar-refractivity contribution in [2.45, 2.75) is 20.0 Å². The van der Waals surface area contributed by atoms with Crippen LogP contribution in [-0.2, 0) is 13.1 Å². The fourth-order valence-corrected chi connectivity index (χ4v) is 2.07. The molecule has 0 saturated heterocycles. The molecule has 0 amide bonds. The average Bonchev–Trinajstić information content (AvgIpc) is 2.48. The van der Waals surface area contributed by atoms with Gasteiger partial charge in [0.25, 0.3) is 0 Å². The van der Waals surface area contributed by atoms with Gasteiger partial charge in [0, 0.05) is 32.0 Å². The molecule has 19 heavy (non-hydrogen) atoms. The van der Waals surface area contributed by atoms with E-state index in [1.165, 1.54) is 5.56 Å². The zero-order valence-electron chi connectivity index (χ0n) is 11.6. The lowest BCUT2D eigenvalue weighted by molar-refractivity contribution is 0.268. The van der Waals surface area contributed by atoms with Crippen molar-refractivity contribution in [3.05, 3.63) is 59.9 Å². The Labute approximate surface area is 115 Å². The quantitative estimate of drug-likeness (QED) is 0.859. The maximum Gasteiger partial charge on any atom is 0.0564 e. The van der Waals surface area contributed by atoms with Crippen LogP contribution in [0.15, 0.2) is 48.7 Å². The number of pyridine rings is 1. The molecule has 0 atom stereocenters. The van der Waals surface area contributed by atoms with E-state index in [4.69, 9.17) is 0 Å². The zero-order valence-corrected chi connectivity index (χ0v) is 11.6. The Morgan fingerprint density at radius 1 is 1.11 bits per heavy atom. The molecule has 100 valence electrons. The maximum absolute atomic E-state index is 4.44. The highest BCUT2D eigenvalue weighted by atomic mass is 15.1. The Morgan fingerprint density at radius 2 is 1.89 bits per heavy atom. The van der Waals surface area contributed by atoms with Crippen LogP contribution >= 0.6 is 0 Å². The molecule has 2 rings (SSSR count). The Morgan fingerprint density at radius 3 is 2.58 bits per heavy atom. The van der Waals surface area contributed by atoms with Crippen molar-refractivity contribution in [2.24, 2.45) is 0 Å². The number of hydrogen-bond donors (Lipinski definition) is 1. The number of benzene rings is 1. The van der Waals surface area contributed by atoms with Gasteiger partial charge in [0.05, 0.1) is 5.69 Å². The van der Waals surface area contributed by atoms with Crippen molar-refractivity contribution in [1.29, 1.82) is 0 Å². The highest BCUT2D eigenvalue weighted by molar-refractivity contribution is 5.42. The van der Waals surface area contributed by atoms with Crippen molar-refractivity contribution in [1.82, 2.24) is 9.88 Å². The van der Waals surface area contributed by atoms with Crippen LogP contribution in [0.5, 0.6) is 0 Å². The number of hydrogen-bond acceptors (Lipinski definition) is 3. The number of aromatic nitrogens is 1. The highest BCUT2D eigenvalue weighted by Gasteiger charge is 2.06. The molecule has 0 bridgehead atoms.